The van der Waals surface area contributed by atoms with E-state index in [2.05, 4.69) is 101 Å². The Morgan fingerprint density at radius 2 is 1.43 bits per heavy atom. The second kappa shape index (κ2) is 14.3. The van der Waals surface area contributed by atoms with E-state index in [4.69, 9.17) is 23.7 Å². The van der Waals surface area contributed by atoms with E-state index in [1.165, 1.54) is 18.1 Å². The zero-order chi connectivity index (χ0) is 32.1. The standard InChI is InChI=1S/C37H47IO6/c1-9-22-36(6,38)34(40-8)44-32-20-14-29(15-21-32)33(25(2)27-12-18-31(19-13-27)43-26(3)39)28-10-16-30(17-11-28)37(7)24-41-35(4,5)23-42-37/h10-21,25,33-34H,9,22-24H2,1-8H3/t25-,33?,34?,36?,37?/m1/s1. The molecule has 3 aromatic rings. The molecule has 0 radical (unpaired) electrons. The van der Waals surface area contributed by atoms with Crippen LogP contribution in [0.4, 0.5) is 0 Å². The molecule has 3 aromatic carbocycles. The summed E-state index contributed by atoms with van der Waals surface area (Å²) in [7, 11) is 1.70. The fourth-order valence-electron chi connectivity index (χ4n) is 5.83. The summed E-state index contributed by atoms with van der Waals surface area (Å²) in [4.78, 5) is 11.4. The number of ether oxygens (including phenoxy) is 5. The Labute approximate surface area is 276 Å². The van der Waals surface area contributed by atoms with Crippen molar-refractivity contribution in [2.75, 3.05) is 20.3 Å². The predicted molar refractivity (Wildman–Crippen MR) is 183 cm³/mol. The van der Waals surface area contributed by atoms with E-state index in [1.807, 2.05) is 36.4 Å². The normalized spacial score (nSPS) is 21.5. The van der Waals surface area contributed by atoms with E-state index in [-0.39, 0.29) is 33.1 Å². The average Bonchev–Trinajstić information content (AvgIpc) is 2.98. The van der Waals surface area contributed by atoms with Gasteiger partial charge in [-0.1, -0.05) is 91.4 Å². The number of rotatable bonds is 12. The van der Waals surface area contributed by atoms with Gasteiger partial charge in [-0.2, -0.15) is 0 Å². The smallest absolute Gasteiger partial charge is 0.308 e. The van der Waals surface area contributed by atoms with Crippen molar-refractivity contribution in [3.8, 4) is 11.5 Å². The van der Waals surface area contributed by atoms with Crippen LogP contribution in [0.5, 0.6) is 11.5 Å². The molecular weight excluding hydrogens is 667 g/mol. The van der Waals surface area contributed by atoms with Crippen molar-refractivity contribution in [2.24, 2.45) is 0 Å². The molecule has 0 spiro atoms. The number of benzene rings is 3. The predicted octanol–water partition coefficient (Wildman–Crippen LogP) is 8.93. The summed E-state index contributed by atoms with van der Waals surface area (Å²) < 4.78 is 29.6. The zero-order valence-corrected chi connectivity index (χ0v) is 29.5. The highest BCUT2D eigenvalue weighted by molar-refractivity contribution is 14.1. The van der Waals surface area contributed by atoms with Gasteiger partial charge >= 0.3 is 5.97 Å². The summed E-state index contributed by atoms with van der Waals surface area (Å²) in [5.41, 5.74) is 3.83. The molecule has 1 aliphatic heterocycles. The molecule has 7 heteroatoms. The minimum absolute atomic E-state index is 0.0566. The Bertz CT molecular complexity index is 1350. The lowest BCUT2D eigenvalue weighted by molar-refractivity contribution is -0.221. The topological polar surface area (TPSA) is 63.2 Å². The summed E-state index contributed by atoms with van der Waals surface area (Å²) >= 11 is 2.44. The van der Waals surface area contributed by atoms with Crippen molar-refractivity contribution in [2.45, 2.75) is 94.1 Å². The lowest BCUT2D eigenvalue weighted by Gasteiger charge is -2.42. The number of hydrogen-bond donors (Lipinski definition) is 0. The molecule has 6 nitrogen and oxygen atoms in total. The Balaban J connectivity index is 1.64. The molecule has 1 aliphatic rings. The van der Waals surface area contributed by atoms with Gasteiger partial charge in [0.05, 0.1) is 22.2 Å². The maximum Gasteiger partial charge on any atom is 0.308 e. The number of carbonyl (C=O) groups excluding carboxylic acids is 1. The lowest BCUT2D eigenvalue weighted by Crippen LogP contribution is -2.47. The summed E-state index contributed by atoms with van der Waals surface area (Å²) in [6.07, 6.45) is 1.69. The molecule has 0 aromatic heterocycles. The summed E-state index contributed by atoms with van der Waals surface area (Å²) in [6, 6.07) is 24.9. The molecule has 238 valence electrons. The molecule has 5 atom stereocenters. The van der Waals surface area contributed by atoms with E-state index >= 15 is 0 Å². The molecule has 1 fully saturated rings. The fourth-order valence-corrected chi connectivity index (χ4v) is 6.75. The maximum atomic E-state index is 11.4. The third-order valence-electron chi connectivity index (χ3n) is 8.45. The van der Waals surface area contributed by atoms with Crippen LogP contribution in [0.1, 0.15) is 95.4 Å². The van der Waals surface area contributed by atoms with Gasteiger partial charge in [0.15, 0.2) is 0 Å². The van der Waals surface area contributed by atoms with Crippen LogP contribution in [0.2, 0.25) is 0 Å². The van der Waals surface area contributed by atoms with Crippen molar-refractivity contribution in [1.29, 1.82) is 0 Å². The van der Waals surface area contributed by atoms with Crippen LogP contribution in [0.25, 0.3) is 0 Å². The minimum atomic E-state index is -0.497. The SMILES string of the molecule is CCCC(C)(I)C(OC)Oc1ccc(C(c2ccc(C3(C)COC(C)(C)CO3)cc2)[C@H](C)c2ccc(OC(C)=O)cc2)cc1. The number of halogens is 1. The van der Waals surface area contributed by atoms with Crippen LogP contribution in [0.3, 0.4) is 0 Å². The van der Waals surface area contributed by atoms with Gasteiger partial charge in [-0.3, -0.25) is 4.79 Å². The van der Waals surface area contributed by atoms with Gasteiger partial charge in [-0.15, -0.1) is 0 Å². The maximum absolute atomic E-state index is 11.4. The molecule has 0 bridgehead atoms. The van der Waals surface area contributed by atoms with Crippen LogP contribution < -0.4 is 9.47 Å². The largest absolute Gasteiger partial charge is 0.464 e. The molecule has 4 rings (SSSR count). The number of esters is 1. The fraction of sp³-hybridized carbons (Fsp3) is 0.486. The van der Waals surface area contributed by atoms with E-state index in [9.17, 15) is 4.79 Å². The molecule has 4 unspecified atom stereocenters. The third kappa shape index (κ3) is 8.42. The van der Waals surface area contributed by atoms with Gasteiger partial charge in [0, 0.05) is 20.0 Å². The Morgan fingerprint density at radius 1 is 0.886 bits per heavy atom. The first-order chi connectivity index (χ1) is 20.8. The second-order valence-corrected chi connectivity index (χ2v) is 15.4. The average molecular weight is 715 g/mol. The number of methoxy groups -OCH3 is 1. The van der Waals surface area contributed by atoms with E-state index in [0.717, 1.165) is 29.7 Å². The van der Waals surface area contributed by atoms with Crippen molar-refractivity contribution >= 4 is 28.6 Å². The van der Waals surface area contributed by atoms with Gasteiger partial charge < -0.3 is 23.7 Å². The molecule has 0 N–H and O–H groups in total. The van der Waals surface area contributed by atoms with Crippen molar-refractivity contribution in [3.05, 3.63) is 95.1 Å². The summed E-state index contributed by atoms with van der Waals surface area (Å²) in [5, 5.41) is 0. The van der Waals surface area contributed by atoms with Crippen LogP contribution in [-0.4, -0.2) is 41.6 Å². The number of hydrogen-bond acceptors (Lipinski definition) is 6. The molecule has 0 aliphatic carbocycles. The quantitative estimate of drug-likeness (QED) is 0.0614. The minimum Gasteiger partial charge on any atom is -0.464 e. The van der Waals surface area contributed by atoms with E-state index in [0.29, 0.717) is 19.0 Å². The van der Waals surface area contributed by atoms with Gasteiger partial charge in [0.25, 0.3) is 0 Å². The van der Waals surface area contributed by atoms with Gasteiger partial charge in [0.1, 0.15) is 17.1 Å². The third-order valence-corrected chi connectivity index (χ3v) is 9.50. The first kappa shape index (κ1) is 34.4. The zero-order valence-electron chi connectivity index (χ0n) is 27.3. The van der Waals surface area contributed by atoms with E-state index < -0.39 is 5.60 Å². The van der Waals surface area contributed by atoms with Crippen molar-refractivity contribution < 1.29 is 28.5 Å². The van der Waals surface area contributed by atoms with Crippen LogP contribution in [-0.2, 0) is 24.6 Å². The number of carbonyl (C=O) groups is 1. The first-order valence-electron chi connectivity index (χ1n) is 15.4. The molecule has 44 heavy (non-hydrogen) atoms. The van der Waals surface area contributed by atoms with Crippen LogP contribution in [0.15, 0.2) is 72.8 Å². The van der Waals surface area contributed by atoms with E-state index in [1.54, 1.807) is 7.11 Å². The highest BCUT2D eigenvalue weighted by Crippen LogP contribution is 2.41. The molecule has 0 saturated carbocycles. The highest BCUT2D eigenvalue weighted by atomic mass is 127. The van der Waals surface area contributed by atoms with Crippen molar-refractivity contribution in [3.63, 3.8) is 0 Å². The van der Waals surface area contributed by atoms with Crippen molar-refractivity contribution in [1.82, 2.24) is 0 Å². The van der Waals surface area contributed by atoms with Gasteiger partial charge in [0.2, 0.25) is 6.29 Å². The Morgan fingerprint density at radius 3 is 1.93 bits per heavy atom. The molecule has 0 amide bonds. The second-order valence-electron chi connectivity index (χ2n) is 12.9. The number of alkyl halides is 1. The van der Waals surface area contributed by atoms with Gasteiger partial charge in [-0.25, -0.2) is 0 Å². The lowest BCUT2D eigenvalue weighted by atomic mass is 9.77. The molecular formula is C37H47IO6. The monoisotopic (exact) mass is 714 g/mol. The molecule has 1 heterocycles. The first-order valence-corrected chi connectivity index (χ1v) is 16.5. The summed E-state index contributed by atoms with van der Waals surface area (Å²) in [5.74, 6) is 1.17. The van der Waals surface area contributed by atoms with Gasteiger partial charge in [-0.05, 0) is 86.6 Å². The summed E-state index contributed by atoms with van der Waals surface area (Å²) in [6.45, 7) is 15.2. The molecule has 1 saturated heterocycles. The van der Waals surface area contributed by atoms with Crippen LogP contribution in [0, 0.1) is 0 Å². The Hall–Kier alpha value is -2.46. The van der Waals surface area contributed by atoms with Crippen LogP contribution >= 0.6 is 22.6 Å². The highest BCUT2D eigenvalue weighted by Gasteiger charge is 2.38. The Kier molecular flexibility index (Phi) is 11.2.